The summed E-state index contributed by atoms with van der Waals surface area (Å²) >= 11 is 12.7. The molecular weight excluding hydrogens is 269 g/mol. The van der Waals surface area contributed by atoms with E-state index in [1.165, 1.54) is 6.08 Å². The van der Waals surface area contributed by atoms with Crippen LogP contribution in [0.25, 0.3) is 6.08 Å². The summed E-state index contributed by atoms with van der Waals surface area (Å²) in [6, 6.07) is 5.04. The van der Waals surface area contributed by atoms with Crippen molar-refractivity contribution >= 4 is 52.2 Å². The summed E-state index contributed by atoms with van der Waals surface area (Å²) in [4.78, 5) is 22.5. The number of thioether (sulfide) groups is 1. The molecule has 0 aliphatic carbocycles. The Hall–Kier alpha value is -0.970. The monoisotopic (exact) mass is 273 g/mol. The number of nitrogens with one attached hydrogen (secondary N) is 1. The fourth-order valence-electron chi connectivity index (χ4n) is 1.20. The first-order chi connectivity index (χ1) is 7.58. The molecule has 0 saturated carbocycles. The maximum atomic E-state index is 11.3. The third-order valence-electron chi connectivity index (χ3n) is 1.92. The quantitative estimate of drug-likeness (QED) is 0.799. The molecular formula is C10H5Cl2NO2S. The summed E-state index contributed by atoms with van der Waals surface area (Å²) in [5.74, 6) is -0.425. The van der Waals surface area contributed by atoms with Crippen LogP contribution in [-0.2, 0) is 4.79 Å². The second-order valence-electron chi connectivity index (χ2n) is 2.99. The zero-order valence-corrected chi connectivity index (χ0v) is 10.1. The molecule has 0 radical (unpaired) electrons. The Balaban J connectivity index is 2.44. The highest BCUT2D eigenvalue weighted by atomic mass is 35.5. The van der Waals surface area contributed by atoms with E-state index in [9.17, 15) is 9.59 Å². The summed E-state index contributed by atoms with van der Waals surface area (Å²) in [7, 11) is 0. The van der Waals surface area contributed by atoms with Crippen LogP contribution in [0.2, 0.25) is 10.0 Å². The van der Waals surface area contributed by atoms with Crippen molar-refractivity contribution in [3.8, 4) is 0 Å². The minimum absolute atomic E-state index is 0.292. The van der Waals surface area contributed by atoms with Crippen molar-refractivity contribution in [1.82, 2.24) is 5.32 Å². The molecule has 1 aromatic rings. The molecule has 1 heterocycles. The molecule has 1 aliphatic rings. The Morgan fingerprint density at radius 1 is 1.19 bits per heavy atom. The van der Waals surface area contributed by atoms with Crippen LogP contribution in [0.5, 0.6) is 0 Å². The molecule has 16 heavy (non-hydrogen) atoms. The molecule has 1 aromatic carbocycles. The number of benzene rings is 1. The standard InChI is InChI=1S/C10H5Cl2NO2S/c11-6-2-1-3-7(12)5(6)4-8-9(14)13-10(15)16-8/h1-4H,(H,13,14,15)/b8-4-. The van der Waals surface area contributed by atoms with Crippen molar-refractivity contribution in [2.45, 2.75) is 0 Å². The molecule has 6 heteroatoms. The molecule has 0 aromatic heterocycles. The fourth-order valence-corrected chi connectivity index (χ4v) is 2.37. The average Bonchev–Trinajstić information content (AvgIpc) is 2.51. The van der Waals surface area contributed by atoms with E-state index in [0.29, 0.717) is 20.5 Å². The summed E-state index contributed by atoms with van der Waals surface area (Å²) in [5.41, 5.74) is 0.540. The number of hydrogen-bond acceptors (Lipinski definition) is 3. The third kappa shape index (κ3) is 2.24. The highest BCUT2D eigenvalue weighted by Gasteiger charge is 2.25. The van der Waals surface area contributed by atoms with E-state index in [0.717, 1.165) is 11.8 Å². The van der Waals surface area contributed by atoms with Crippen molar-refractivity contribution in [2.24, 2.45) is 0 Å². The van der Waals surface area contributed by atoms with Gasteiger partial charge in [-0.2, -0.15) is 0 Å². The van der Waals surface area contributed by atoms with Crippen molar-refractivity contribution in [3.63, 3.8) is 0 Å². The molecule has 0 spiro atoms. The number of imide groups is 1. The zero-order valence-electron chi connectivity index (χ0n) is 7.79. The first kappa shape index (κ1) is 11.5. The number of amides is 2. The molecule has 1 saturated heterocycles. The van der Waals surface area contributed by atoms with Crippen LogP contribution in [0.4, 0.5) is 4.79 Å². The highest BCUT2D eigenvalue weighted by Crippen LogP contribution is 2.31. The Morgan fingerprint density at radius 2 is 1.81 bits per heavy atom. The van der Waals surface area contributed by atoms with E-state index in [1.807, 2.05) is 0 Å². The van der Waals surface area contributed by atoms with Gasteiger partial charge in [0.15, 0.2) is 0 Å². The van der Waals surface area contributed by atoms with Crippen molar-refractivity contribution in [3.05, 3.63) is 38.7 Å². The van der Waals surface area contributed by atoms with Gasteiger partial charge in [-0.25, -0.2) is 0 Å². The first-order valence-corrected chi connectivity index (χ1v) is 5.84. The molecule has 1 aliphatic heterocycles. The molecule has 82 valence electrons. The average molecular weight is 274 g/mol. The first-order valence-electron chi connectivity index (χ1n) is 4.27. The van der Waals surface area contributed by atoms with Crippen LogP contribution in [0, 0.1) is 0 Å². The number of carbonyl (C=O) groups excluding carboxylic acids is 2. The fraction of sp³-hybridized carbons (Fsp3) is 0. The summed E-state index contributed by atoms with van der Waals surface area (Å²) in [6.45, 7) is 0. The number of halogens is 2. The predicted molar refractivity (Wildman–Crippen MR) is 65.6 cm³/mol. The van der Waals surface area contributed by atoms with Gasteiger partial charge in [-0.05, 0) is 30.0 Å². The minimum Gasteiger partial charge on any atom is -0.282 e. The van der Waals surface area contributed by atoms with Gasteiger partial charge in [0.2, 0.25) is 0 Å². The third-order valence-corrected chi connectivity index (χ3v) is 3.39. The lowest BCUT2D eigenvalue weighted by Crippen LogP contribution is -2.17. The summed E-state index contributed by atoms with van der Waals surface area (Å²) < 4.78 is 0. The summed E-state index contributed by atoms with van der Waals surface area (Å²) in [6.07, 6.45) is 1.51. The van der Waals surface area contributed by atoms with Crippen LogP contribution >= 0.6 is 35.0 Å². The van der Waals surface area contributed by atoms with E-state index in [-0.39, 0.29) is 5.24 Å². The lowest BCUT2D eigenvalue weighted by Gasteiger charge is -2.01. The van der Waals surface area contributed by atoms with E-state index in [2.05, 4.69) is 5.32 Å². The number of hydrogen-bond donors (Lipinski definition) is 1. The zero-order chi connectivity index (χ0) is 11.7. The molecule has 0 bridgehead atoms. The van der Waals surface area contributed by atoms with E-state index < -0.39 is 5.91 Å². The Morgan fingerprint density at radius 3 is 2.31 bits per heavy atom. The molecule has 0 unspecified atom stereocenters. The van der Waals surface area contributed by atoms with Crippen LogP contribution in [0.1, 0.15) is 5.56 Å². The molecule has 1 fully saturated rings. The molecule has 0 atom stereocenters. The summed E-state index contributed by atoms with van der Waals surface area (Å²) in [5, 5.41) is 2.64. The van der Waals surface area contributed by atoms with Gasteiger partial charge in [0.1, 0.15) is 0 Å². The van der Waals surface area contributed by atoms with Gasteiger partial charge in [0.05, 0.1) is 4.91 Å². The molecule has 2 amide bonds. The Kier molecular flexibility index (Phi) is 3.23. The van der Waals surface area contributed by atoms with Gasteiger partial charge in [-0.15, -0.1) is 0 Å². The Bertz CT molecular complexity index is 493. The van der Waals surface area contributed by atoms with Crippen LogP contribution in [0.3, 0.4) is 0 Å². The van der Waals surface area contributed by atoms with E-state index in [1.54, 1.807) is 18.2 Å². The van der Waals surface area contributed by atoms with Gasteiger partial charge in [0.25, 0.3) is 11.1 Å². The maximum Gasteiger partial charge on any atom is 0.290 e. The van der Waals surface area contributed by atoms with Gasteiger partial charge in [0, 0.05) is 15.6 Å². The van der Waals surface area contributed by atoms with Crippen LogP contribution in [-0.4, -0.2) is 11.1 Å². The van der Waals surface area contributed by atoms with Crippen LogP contribution in [0.15, 0.2) is 23.1 Å². The lowest BCUT2D eigenvalue weighted by atomic mass is 10.2. The topological polar surface area (TPSA) is 46.2 Å². The molecule has 2 rings (SSSR count). The number of rotatable bonds is 1. The maximum absolute atomic E-state index is 11.3. The molecule has 3 nitrogen and oxygen atoms in total. The highest BCUT2D eigenvalue weighted by molar-refractivity contribution is 8.18. The molecule has 1 N–H and O–H groups in total. The lowest BCUT2D eigenvalue weighted by molar-refractivity contribution is -0.115. The van der Waals surface area contributed by atoms with Gasteiger partial charge >= 0.3 is 0 Å². The minimum atomic E-state index is -0.425. The normalized spacial score (nSPS) is 18.0. The van der Waals surface area contributed by atoms with Crippen LogP contribution < -0.4 is 5.32 Å². The smallest absolute Gasteiger partial charge is 0.282 e. The van der Waals surface area contributed by atoms with Gasteiger partial charge in [-0.1, -0.05) is 29.3 Å². The van der Waals surface area contributed by atoms with Crippen molar-refractivity contribution in [2.75, 3.05) is 0 Å². The Labute approximate surface area is 106 Å². The van der Waals surface area contributed by atoms with E-state index >= 15 is 0 Å². The number of carbonyl (C=O) groups is 2. The SMILES string of the molecule is O=C1NC(=O)/C(=C/c2c(Cl)cccc2Cl)S1. The van der Waals surface area contributed by atoms with Crippen molar-refractivity contribution < 1.29 is 9.59 Å². The van der Waals surface area contributed by atoms with Crippen molar-refractivity contribution in [1.29, 1.82) is 0 Å². The largest absolute Gasteiger partial charge is 0.290 e. The van der Waals surface area contributed by atoms with E-state index in [4.69, 9.17) is 23.2 Å². The van der Waals surface area contributed by atoms with Gasteiger partial charge in [-0.3, -0.25) is 14.9 Å². The predicted octanol–water partition coefficient (Wildman–Crippen LogP) is 3.32. The second-order valence-corrected chi connectivity index (χ2v) is 4.82. The second kappa shape index (κ2) is 4.49. The van der Waals surface area contributed by atoms with Gasteiger partial charge < -0.3 is 0 Å².